The minimum absolute atomic E-state index is 1.11. The van der Waals surface area contributed by atoms with Crippen LogP contribution in [0.1, 0.15) is 24.0 Å². The number of pyridine rings is 1. The highest BCUT2D eigenvalue weighted by atomic mass is 14.7. The van der Waals surface area contributed by atoms with Crippen molar-refractivity contribution in [3.8, 4) is 11.3 Å². The molecule has 1 aromatic heterocycles. The Hall–Kier alpha value is -1.63. The number of aromatic nitrogens is 1. The van der Waals surface area contributed by atoms with E-state index in [0.717, 1.165) is 5.69 Å². The van der Waals surface area contributed by atoms with Crippen LogP contribution in [0.2, 0.25) is 0 Å². The second kappa shape index (κ2) is 4.09. The fourth-order valence-electron chi connectivity index (χ4n) is 2.38. The van der Waals surface area contributed by atoms with E-state index >= 15 is 0 Å². The standard InChI is InChI=1S/C15H15N/c1-2-6-12(7-3-1)15-10-13-8-4-5-9-14(13)11-16-15/h1-3,6-7,10-11H,4-5,8-9H2. The first-order valence-corrected chi connectivity index (χ1v) is 5.97. The summed E-state index contributed by atoms with van der Waals surface area (Å²) in [5.74, 6) is 0. The summed E-state index contributed by atoms with van der Waals surface area (Å²) in [5, 5.41) is 0. The second-order valence-electron chi connectivity index (χ2n) is 4.41. The van der Waals surface area contributed by atoms with Crippen LogP contribution in [0, 0.1) is 0 Å². The molecular formula is C15H15N. The maximum absolute atomic E-state index is 4.56. The van der Waals surface area contributed by atoms with E-state index < -0.39 is 0 Å². The van der Waals surface area contributed by atoms with Gasteiger partial charge >= 0.3 is 0 Å². The van der Waals surface area contributed by atoms with E-state index in [1.165, 1.54) is 42.4 Å². The highest BCUT2D eigenvalue weighted by Crippen LogP contribution is 2.25. The molecule has 0 N–H and O–H groups in total. The highest BCUT2D eigenvalue weighted by Gasteiger charge is 2.10. The van der Waals surface area contributed by atoms with Gasteiger partial charge in [-0.15, -0.1) is 0 Å². The Morgan fingerprint density at radius 3 is 2.44 bits per heavy atom. The lowest BCUT2D eigenvalue weighted by Crippen LogP contribution is -2.03. The largest absolute Gasteiger partial charge is 0.256 e. The summed E-state index contributed by atoms with van der Waals surface area (Å²) in [5.41, 5.74) is 5.28. The Bertz CT molecular complexity index is 488. The molecule has 0 saturated heterocycles. The third kappa shape index (κ3) is 1.73. The van der Waals surface area contributed by atoms with Crippen molar-refractivity contribution in [2.24, 2.45) is 0 Å². The van der Waals surface area contributed by atoms with Crippen LogP contribution in [0.3, 0.4) is 0 Å². The van der Waals surface area contributed by atoms with Crippen LogP contribution in [-0.2, 0) is 12.8 Å². The fourth-order valence-corrected chi connectivity index (χ4v) is 2.38. The zero-order chi connectivity index (χ0) is 10.8. The van der Waals surface area contributed by atoms with E-state index in [9.17, 15) is 0 Å². The van der Waals surface area contributed by atoms with Crippen molar-refractivity contribution in [3.05, 3.63) is 53.7 Å². The van der Waals surface area contributed by atoms with E-state index in [2.05, 4.69) is 41.5 Å². The Morgan fingerprint density at radius 2 is 1.62 bits per heavy atom. The summed E-state index contributed by atoms with van der Waals surface area (Å²) < 4.78 is 0. The van der Waals surface area contributed by atoms with Crippen LogP contribution >= 0.6 is 0 Å². The molecule has 0 unspecified atom stereocenters. The van der Waals surface area contributed by atoms with E-state index in [1.54, 1.807) is 0 Å². The van der Waals surface area contributed by atoms with Gasteiger partial charge in [0.15, 0.2) is 0 Å². The molecule has 3 rings (SSSR count). The Balaban J connectivity index is 2.03. The monoisotopic (exact) mass is 209 g/mol. The van der Waals surface area contributed by atoms with Gasteiger partial charge in [0.05, 0.1) is 5.69 Å². The fraction of sp³-hybridized carbons (Fsp3) is 0.267. The van der Waals surface area contributed by atoms with Crippen LogP contribution < -0.4 is 0 Å². The lowest BCUT2D eigenvalue weighted by Gasteiger charge is -2.15. The minimum Gasteiger partial charge on any atom is -0.256 e. The number of rotatable bonds is 1. The molecule has 0 bridgehead atoms. The molecule has 0 amide bonds. The Kier molecular flexibility index (Phi) is 2.45. The molecule has 0 spiro atoms. The molecule has 1 aliphatic carbocycles. The van der Waals surface area contributed by atoms with Gasteiger partial charge in [-0.25, -0.2) is 0 Å². The summed E-state index contributed by atoms with van der Waals surface area (Å²) in [6.07, 6.45) is 7.14. The molecule has 1 heteroatoms. The smallest absolute Gasteiger partial charge is 0.0704 e. The van der Waals surface area contributed by atoms with E-state index in [4.69, 9.17) is 0 Å². The zero-order valence-corrected chi connectivity index (χ0v) is 9.32. The molecule has 0 saturated carbocycles. The maximum Gasteiger partial charge on any atom is 0.0704 e. The van der Waals surface area contributed by atoms with E-state index in [1.807, 2.05) is 6.07 Å². The molecule has 0 radical (unpaired) electrons. The van der Waals surface area contributed by atoms with Gasteiger partial charge < -0.3 is 0 Å². The Morgan fingerprint density at radius 1 is 0.875 bits per heavy atom. The van der Waals surface area contributed by atoms with Gasteiger partial charge in [-0.1, -0.05) is 30.3 Å². The van der Waals surface area contributed by atoms with Gasteiger partial charge in [-0.3, -0.25) is 4.98 Å². The third-order valence-corrected chi connectivity index (χ3v) is 3.29. The van der Waals surface area contributed by atoms with Crippen molar-refractivity contribution in [1.29, 1.82) is 0 Å². The first kappa shape index (κ1) is 9.59. The Labute approximate surface area is 96.2 Å². The van der Waals surface area contributed by atoms with Crippen LogP contribution in [0.25, 0.3) is 11.3 Å². The molecule has 16 heavy (non-hydrogen) atoms. The summed E-state index contributed by atoms with van der Waals surface area (Å²) >= 11 is 0. The number of hydrogen-bond donors (Lipinski definition) is 0. The lowest BCUT2D eigenvalue weighted by molar-refractivity contribution is 0.682. The highest BCUT2D eigenvalue weighted by molar-refractivity contribution is 5.60. The van der Waals surface area contributed by atoms with Crippen LogP contribution in [0.15, 0.2) is 42.6 Å². The third-order valence-electron chi connectivity index (χ3n) is 3.29. The molecule has 80 valence electrons. The van der Waals surface area contributed by atoms with Crippen molar-refractivity contribution in [3.63, 3.8) is 0 Å². The van der Waals surface area contributed by atoms with Crippen LogP contribution in [0.5, 0.6) is 0 Å². The van der Waals surface area contributed by atoms with Crippen molar-refractivity contribution < 1.29 is 0 Å². The zero-order valence-electron chi connectivity index (χ0n) is 9.32. The van der Waals surface area contributed by atoms with Gasteiger partial charge in [0, 0.05) is 11.8 Å². The number of aryl methyl sites for hydroxylation is 2. The average Bonchev–Trinajstić information content (AvgIpc) is 2.39. The molecule has 0 fully saturated rings. The van der Waals surface area contributed by atoms with Crippen molar-refractivity contribution in [2.75, 3.05) is 0 Å². The molecule has 1 heterocycles. The number of hydrogen-bond acceptors (Lipinski definition) is 1. The molecule has 1 nitrogen and oxygen atoms in total. The van der Waals surface area contributed by atoms with Gasteiger partial charge in [-0.2, -0.15) is 0 Å². The van der Waals surface area contributed by atoms with Crippen LogP contribution in [-0.4, -0.2) is 4.98 Å². The second-order valence-corrected chi connectivity index (χ2v) is 4.41. The lowest BCUT2D eigenvalue weighted by atomic mass is 9.92. The summed E-state index contributed by atoms with van der Waals surface area (Å²) in [6.45, 7) is 0. The minimum atomic E-state index is 1.11. The molecule has 1 aromatic carbocycles. The average molecular weight is 209 g/mol. The van der Waals surface area contributed by atoms with Gasteiger partial charge in [0.25, 0.3) is 0 Å². The number of benzene rings is 1. The van der Waals surface area contributed by atoms with Gasteiger partial charge in [0.2, 0.25) is 0 Å². The van der Waals surface area contributed by atoms with Crippen molar-refractivity contribution in [2.45, 2.75) is 25.7 Å². The predicted octanol–water partition coefficient (Wildman–Crippen LogP) is 3.63. The number of nitrogens with zero attached hydrogens (tertiary/aromatic N) is 1. The van der Waals surface area contributed by atoms with Crippen LogP contribution in [0.4, 0.5) is 0 Å². The SMILES string of the molecule is c1ccc(-c2cc3c(cn2)CCCC3)cc1. The molecule has 2 aromatic rings. The normalized spacial score (nSPS) is 14.5. The quantitative estimate of drug-likeness (QED) is 0.699. The summed E-state index contributed by atoms with van der Waals surface area (Å²) in [4.78, 5) is 4.56. The summed E-state index contributed by atoms with van der Waals surface area (Å²) in [6, 6.07) is 12.7. The van der Waals surface area contributed by atoms with E-state index in [-0.39, 0.29) is 0 Å². The molecule has 0 aliphatic heterocycles. The summed E-state index contributed by atoms with van der Waals surface area (Å²) in [7, 11) is 0. The first-order valence-electron chi connectivity index (χ1n) is 5.97. The van der Waals surface area contributed by atoms with E-state index in [0.29, 0.717) is 0 Å². The molecule has 1 aliphatic rings. The molecular weight excluding hydrogens is 194 g/mol. The number of fused-ring (bicyclic) bond motifs is 1. The predicted molar refractivity (Wildman–Crippen MR) is 66.3 cm³/mol. The first-order chi connectivity index (χ1) is 7.93. The van der Waals surface area contributed by atoms with Gasteiger partial charge in [0.1, 0.15) is 0 Å². The van der Waals surface area contributed by atoms with Crippen molar-refractivity contribution >= 4 is 0 Å². The maximum atomic E-state index is 4.56. The topological polar surface area (TPSA) is 12.9 Å². The van der Waals surface area contributed by atoms with Crippen molar-refractivity contribution in [1.82, 2.24) is 4.98 Å². The molecule has 0 atom stereocenters. The van der Waals surface area contributed by atoms with Gasteiger partial charge in [-0.05, 0) is 42.9 Å².